The average Bonchev–Trinajstić information content (AvgIpc) is 2.72. The molecule has 0 aliphatic carbocycles. The van der Waals surface area contributed by atoms with Crippen LogP contribution in [0.4, 0.5) is 5.69 Å². The van der Waals surface area contributed by atoms with Crippen molar-refractivity contribution in [1.29, 1.82) is 0 Å². The van der Waals surface area contributed by atoms with Gasteiger partial charge in [-0.15, -0.1) is 0 Å². The molecule has 1 aromatic carbocycles. The summed E-state index contributed by atoms with van der Waals surface area (Å²) < 4.78 is 1.97. The number of unbranched alkanes of at least 4 members (excludes halogenated alkanes) is 1. The molecular formula is C14H20N4O2. The monoisotopic (exact) mass is 276 g/mol. The van der Waals surface area contributed by atoms with Crippen LogP contribution < -0.4 is 11.5 Å². The van der Waals surface area contributed by atoms with E-state index in [-0.39, 0.29) is 5.91 Å². The van der Waals surface area contributed by atoms with E-state index < -0.39 is 6.10 Å². The van der Waals surface area contributed by atoms with E-state index in [1.807, 2.05) is 16.7 Å². The summed E-state index contributed by atoms with van der Waals surface area (Å²) in [5, 5.41) is 9.83. The Hall–Kier alpha value is -2.08. The van der Waals surface area contributed by atoms with Crippen LogP contribution in [0.15, 0.2) is 18.2 Å². The van der Waals surface area contributed by atoms with E-state index in [9.17, 15) is 9.90 Å². The molecule has 0 bridgehead atoms. The Balaban J connectivity index is 2.24. The van der Waals surface area contributed by atoms with E-state index in [2.05, 4.69) is 4.98 Å². The number of amides is 1. The molecule has 1 atom stereocenters. The Labute approximate surface area is 117 Å². The zero-order chi connectivity index (χ0) is 14.7. The van der Waals surface area contributed by atoms with Gasteiger partial charge >= 0.3 is 0 Å². The first-order valence-electron chi connectivity index (χ1n) is 6.71. The molecule has 2 aromatic rings. The average molecular weight is 276 g/mol. The number of fused-ring (bicyclic) bond motifs is 1. The number of aliphatic hydroxyl groups excluding tert-OH is 1. The molecular weight excluding hydrogens is 256 g/mol. The van der Waals surface area contributed by atoms with Crippen LogP contribution >= 0.6 is 0 Å². The molecule has 0 saturated heterocycles. The van der Waals surface area contributed by atoms with Crippen LogP contribution in [0.5, 0.6) is 0 Å². The fourth-order valence-corrected chi connectivity index (χ4v) is 2.29. The Morgan fingerprint density at radius 1 is 1.45 bits per heavy atom. The lowest BCUT2D eigenvalue weighted by Gasteiger charge is -2.10. The molecule has 2 rings (SSSR count). The van der Waals surface area contributed by atoms with Crippen LogP contribution in [0.25, 0.3) is 11.0 Å². The van der Waals surface area contributed by atoms with Crippen LogP contribution in [-0.2, 0) is 11.3 Å². The van der Waals surface area contributed by atoms with E-state index in [4.69, 9.17) is 11.5 Å². The predicted molar refractivity (Wildman–Crippen MR) is 77.8 cm³/mol. The third-order valence-electron chi connectivity index (χ3n) is 3.23. The first kappa shape index (κ1) is 14.3. The number of primary amides is 1. The van der Waals surface area contributed by atoms with Gasteiger partial charge in [0.05, 0.1) is 11.0 Å². The molecule has 0 radical (unpaired) electrons. The minimum atomic E-state index is -0.653. The van der Waals surface area contributed by atoms with Crippen molar-refractivity contribution in [2.24, 2.45) is 5.73 Å². The highest BCUT2D eigenvalue weighted by Crippen LogP contribution is 2.23. The second kappa shape index (κ2) is 5.92. The zero-order valence-corrected chi connectivity index (χ0v) is 11.5. The summed E-state index contributed by atoms with van der Waals surface area (Å²) in [6.45, 7) is 2.37. The molecule has 5 N–H and O–H groups in total. The number of carbonyl (C=O) groups is 1. The number of aliphatic hydroxyl groups is 1. The maximum Gasteiger partial charge on any atom is 0.217 e. The highest BCUT2D eigenvalue weighted by atomic mass is 16.3. The first-order chi connectivity index (χ1) is 9.49. The van der Waals surface area contributed by atoms with Crippen molar-refractivity contribution in [3.63, 3.8) is 0 Å². The number of imidazole rings is 1. The second-order valence-corrected chi connectivity index (χ2v) is 4.97. The van der Waals surface area contributed by atoms with Gasteiger partial charge < -0.3 is 21.1 Å². The van der Waals surface area contributed by atoms with Gasteiger partial charge in [0.25, 0.3) is 0 Å². The van der Waals surface area contributed by atoms with Crippen LogP contribution in [0.3, 0.4) is 0 Å². The van der Waals surface area contributed by atoms with Gasteiger partial charge in [0.2, 0.25) is 5.91 Å². The highest BCUT2D eigenvalue weighted by molar-refractivity contribution is 5.79. The molecule has 0 aliphatic rings. The molecule has 0 fully saturated rings. The lowest BCUT2D eigenvalue weighted by Crippen LogP contribution is -2.11. The molecule has 20 heavy (non-hydrogen) atoms. The number of nitrogens with two attached hydrogens (primary N) is 2. The van der Waals surface area contributed by atoms with Crippen molar-refractivity contribution in [1.82, 2.24) is 9.55 Å². The summed E-state index contributed by atoms with van der Waals surface area (Å²) in [6, 6.07) is 5.51. The highest BCUT2D eigenvalue weighted by Gasteiger charge is 2.14. The summed E-state index contributed by atoms with van der Waals surface area (Å²) >= 11 is 0. The van der Waals surface area contributed by atoms with Crippen molar-refractivity contribution in [3.05, 3.63) is 24.0 Å². The van der Waals surface area contributed by atoms with Gasteiger partial charge in [-0.3, -0.25) is 4.79 Å². The smallest absolute Gasteiger partial charge is 0.217 e. The van der Waals surface area contributed by atoms with Crippen molar-refractivity contribution in [2.75, 3.05) is 5.73 Å². The van der Waals surface area contributed by atoms with Gasteiger partial charge in [-0.25, -0.2) is 4.98 Å². The Morgan fingerprint density at radius 3 is 2.85 bits per heavy atom. The van der Waals surface area contributed by atoms with E-state index in [1.165, 1.54) is 0 Å². The van der Waals surface area contributed by atoms with Gasteiger partial charge in [0.1, 0.15) is 11.9 Å². The number of benzene rings is 1. The van der Waals surface area contributed by atoms with Gasteiger partial charge in [0.15, 0.2) is 0 Å². The summed E-state index contributed by atoms with van der Waals surface area (Å²) in [5.41, 5.74) is 13.2. The number of nitrogens with zero attached hydrogens (tertiary/aromatic N) is 2. The Kier molecular flexibility index (Phi) is 4.24. The van der Waals surface area contributed by atoms with Crippen LogP contribution in [0.2, 0.25) is 0 Å². The number of aromatic nitrogens is 2. The lowest BCUT2D eigenvalue weighted by atomic mass is 10.2. The maximum absolute atomic E-state index is 10.7. The standard InChI is InChI=1S/C14H20N4O2/c1-9(19)14-17-11-8-10(15)5-6-12(11)18(14)7-3-2-4-13(16)20/h5-6,8-9,19H,2-4,7,15H2,1H3,(H2,16,20). The van der Waals surface area contributed by atoms with Crippen molar-refractivity contribution < 1.29 is 9.90 Å². The number of hydrogen-bond acceptors (Lipinski definition) is 4. The second-order valence-electron chi connectivity index (χ2n) is 4.97. The third kappa shape index (κ3) is 3.08. The fourth-order valence-electron chi connectivity index (χ4n) is 2.29. The zero-order valence-electron chi connectivity index (χ0n) is 11.5. The normalized spacial score (nSPS) is 12.7. The van der Waals surface area contributed by atoms with Crippen LogP contribution in [0.1, 0.15) is 38.1 Å². The number of aryl methyl sites for hydroxylation is 1. The van der Waals surface area contributed by atoms with Gasteiger partial charge in [-0.2, -0.15) is 0 Å². The van der Waals surface area contributed by atoms with Crippen LogP contribution in [0, 0.1) is 0 Å². The molecule has 6 nitrogen and oxygen atoms in total. The van der Waals surface area contributed by atoms with E-state index >= 15 is 0 Å². The summed E-state index contributed by atoms with van der Waals surface area (Å²) in [4.78, 5) is 15.2. The summed E-state index contributed by atoms with van der Waals surface area (Å²) in [7, 11) is 0. The van der Waals surface area contributed by atoms with Crippen molar-refractivity contribution >= 4 is 22.6 Å². The molecule has 6 heteroatoms. The predicted octanol–water partition coefficient (Wildman–Crippen LogP) is 1.33. The van der Waals surface area contributed by atoms with Gasteiger partial charge in [-0.05, 0) is 38.0 Å². The first-order valence-corrected chi connectivity index (χ1v) is 6.71. The number of nitrogen functional groups attached to an aromatic ring is 1. The SMILES string of the molecule is CC(O)c1nc2cc(N)ccc2n1CCCCC(N)=O. The Morgan fingerprint density at radius 2 is 2.20 bits per heavy atom. The number of rotatable bonds is 6. The fraction of sp³-hybridized carbons (Fsp3) is 0.429. The molecule has 0 aliphatic heterocycles. The molecule has 108 valence electrons. The number of carbonyl (C=O) groups excluding carboxylic acids is 1. The Bertz CT molecular complexity index is 619. The molecule has 1 heterocycles. The quantitative estimate of drug-likeness (QED) is 0.546. The van der Waals surface area contributed by atoms with E-state index in [0.29, 0.717) is 24.5 Å². The minimum absolute atomic E-state index is 0.288. The molecule has 0 spiro atoms. The van der Waals surface area contributed by atoms with Gasteiger partial charge in [-0.1, -0.05) is 0 Å². The van der Waals surface area contributed by atoms with Crippen LogP contribution in [-0.4, -0.2) is 20.6 Å². The van der Waals surface area contributed by atoms with E-state index in [0.717, 1.165) is 23.9 Å². The topological polar surface area (TPSA) is 107 Å². The van der Waals surface area contributed by atoms with Crippen molar-refractivity contribution in [2.45, 2.75) is 38.8 Å². The molecule has 1 aromatic heterocycles. The minimum Gasteiger partial charge on any atom is -0.399 e. The summed E-state index contributed by atoms with van der Waals surface area (Å²) in [5.74, 6) is 0.327. The lowest BCUT2D eigenvalue weighted by molar-refractivity contribution is -0.118. The number of hydrogen-bond donors (Lipinski definition) is 3. The van der Waals surface area contributed by atoms with E-state index in [1.54, 1.807) is 13.0 Å². The van der Waals surface area contributed by atoms with Gasteiger partial charge in [0, 0.05) is 18.7 Å². The molecule has 0 saturated carbocycles. The largest absolute Gasteiger partial charge is 0.399 e. The van der Waals surface area contributed by atoms with Crippen molar-refractivity contribution in [3.8, 4) is 0 Å². The third-order valence-corrected chi connectivity index (χ3v) is 3.23. The maximum atomic E-state index is 10.7. The number of anilines is 1. The molecule has 1 unspecified atom stereocenters. The summed E-state index contributed by atoms with van der Waals surface area (Å²) in [6.07, 6.45) is 1.26. The molecule has 1 amide bonds.